The Balaban J connectivity index is 1.68. The number of carbonyl (C=O) groups is 2. The number of rotatable bonds is 2. The van der Waals surface area contributed by atoms with Crippen LogP contribution >= 0.6 is 0 Å². The molecule has 1 N–H and O–H groups in total. The number of piperidine rings is 2. The Morgan fingerprint density at radius 3 is 2.79 bits per heavy atom. The normalized spacial score (nSPS) is 28.1. The van der Waals surface area contributed by atoms with E-state index in [0.29, 0.717) is 25.3 Å². The number of amides is 3. The second kappa shape index (κ2) is 6.87. The lowest BCUT2D eigenvalue weighted by Gasteiger charge is -2.39. The summed E-state index contributed by atoms with van der Waals surface area (Å²) in [5.74, 6) is 2.46. The molecule has 24 heavy (non-hydrogen) atoms. The minimum Gasteiger partial charge on any atom is -0.464 e. The zero-order chi connectivity index (χ0) is 17.3. The highest BCUT2D eigenvalue weighted by Gasteiger charge is 2.34. The second-order valence-electron chi connectivity index (χ2n) is 7.25. The van der Waals surface area contributed by atoms with Crippen molar-refractivity contribution in [1.82, 2.24) is 15.1 Å². The number of hydrogen-bond donors (Lipinski definition) is 1. The highest BCUT2D eigenvalue weighted by molar-refractivity contribution is 5.78. The SMILES string of the molecule is Cc1ccc(C2CC(C)CCN2C(=O)NC2CCC(=O)N(C)C2)o1. The minimum absolute atomic E-state index is 0.00889. The highest BCUT2D eigenvalue weighted by atomic mass is 16.3. The van der Waals surface area contributed by atoms with Crippen molar-refractivity contribution < 1.29 is 14.0 Å². The Bertz CT molecular complexity index is 612. The largest absolute Gasteiger partial charge is 0.464 e. The van der Waals surface area contributed by atoms with Crippen LogP contribution in [0.15, 0.2) is 16.5 Å². The van der Waals surface area contributed by atoms with Gasteiger partial charge < -0.3 is 19.5 Å². The fourth-order valence-electron chi connectivity index (χ4n) is 3.67. The summed E-state index contributed by atoms with van der Waals surface area (Å²) >= 11 is 0. The van der Waals surface area contributed by atoms with Gasteiger partial charge in [-0.25, -0.2) is 4.79 Å². The molecule has 3 atom stereocenters. The Kier molecular flexibility index (Phi) is 4.83. The number of likely N-dealkylation sites (N-methyl/N-ethyl adjacent to an activating group) is 1. The van der Waals surface area contributed by atoms with Gasteiger partial charge in [0, 0.05) is 32.6 Å². The number of urea groups is 1. The Labute approximate surface area is 143 Å². The zero-order valence-electron chi connectivity index (χ0n) is 14.7. The van der Waals surface area contributed by atoms with Crippen molar-refractivity contribution in [1.29, 1.82) is 0 Å². The first-order valence-corrected chi connectivity index (χ1v) is 8.81. The Morgan fingerprint density at radius 2 is 2.12 bits per heavy atom. The lowest BCUT2D eigenvalue weighted by atomic mass is 9.91. The van der Waals surface area contributed by atoms with Crippen molar-refractivity contribution >= 4 is 11.9 Å². The maximum Gasteiger partial charge on any atom is 0.318 e. The summed E-state index contributed by atoms with van der Waals surface area (Å²) < 4.78 is 5.80. The molecule has 2 aliphatic heterocycles. The predicted molar refractivity (Wildman–Crippen MR) is 90.5 cm³/mol. The molecule has 1 aromatic rings. The van der Waals surface area contributed by atoms with E-state index in [1.807, 2.05) is 24.0 Å². The summed E-state index contributed by atoms with van der Waals surface area (Å²) in [6.45, 7) is 5.47. The first-order valence-electron chi connectivity index (χ1n) is 8.81. The molecule has 2 fully saturated rings. The van der Waals surface area contributed by atoms with E-state index in [9.17, 15) is 9.59 Å². The highest BCUT2D eigenvalue weighted by Crippen LogP contribution is 2.35. The average Bonchev–Trinajstić information content (AvgIpc) is 2.97. The van der Waals surface area contributed by atoms with Crippen molar-refractivity contribution in [3.63, 3.8) is 0 Å². The van der Waals surface area contributed by atoms with Gasteiger partial charge in [0.15, 0.2) is 0 Å². The fourth-order valence-corrected chi connectivity index (χ4v) is 3.67. The number of furan rings is 1. The van der Waals surface area contributed by atoms with Gasteiger partial charge in [-0.1, -0.05) is 6.92 Å². The summed E-state index contributed by atoms with van der Waals surface area (Å²) in [7, 11) is 1.79. The van der Waals surface area contributed by atoms with Gasteiger partial charge in [0.05, 0.1) is 6.04 Å². The number of likely N-dealkylation sites (tertiary alicyclic amines) is 2. The quantitative estimate of drug-likeness (QED) is 0.905. The van der Waals surface area contributed by atoms with E-state index in [1.54, 1.807) is 11.9 Å². The van der Waals surface area contributed by atoms with Crippen LogP contribution in [0.3, 0.4) is 0 Å². The Hall–Kier alpha value is -1.98. The lowest BCUT2D eigenvalue weighted by Crippen LogP contribution is -2.53. The number of hydrogen-bond acceptors (Lipinski definition) is 3. The van der Waals surface area contributed by atoms with Crippen LogP contribution < -0.4 is 5.32 Å². The van der Waals surface area contributed by atoms with Crippen molar-refractivity contribution in [3.8, 4) is 0 Å². The van der Waals surface area contributed by atoms with Crippen LogP contribution in [0.5, 0.6) is 0 Å². The molecule has 6 heteroatoms. The van der Waals surface area contributed by atoms with E-state index < -0.39 is 0 Å². The molecule has 0 bridgehead atoms. The minimum atomic E-state index is -0.0475. The zero-order valence-corrected chi connectivity index (χ0v) is 14.7. The average molecular weight is 333 g/mol. The molecule has 0 radical (unpaired) electrons. The molecule has 3 amide bonds. The van der Waals surface area contributed by atoms with E-state index in [1.165, 1.54) is 0 Å². The van der Waals surface area contributed by atoms with Crippen molar-refractivity contribution in [3.05, 3.63) is 23.7 Å². The number of nitrogens with one attached hydrogen (secondary N) is 1. The molecule has 132 valence electrons. The Morgan fingerprint density at radius 1 is 1.33 bits per heavy atom. The molecule has 0 spiro atoms. The number of nitrogens with zero attached hydrogens (tertiary/aromatic N) is 2. The van der Waals surface area contributed by atoms with E-state index >= 15 is 0 Å². The summed E-state index contributed by atoms with van der Waals surface area (Å²) in [6.07, 6.45) is 3.14. The third-order valence-electron chi connectivity index (χ3n) is 5.17. The molecular weight excluding hydrogens is 306 g/mol. The summed E-state index contributed by atoms with van der Waals surface area (Å²) in [6, 6.07) is 3.90. The van der Waals surface area contributed by atoms with Gasteiger partial charge in [0.2, 0.25) is 5.91 Å². The molecule has 3 unspecified atom stereocenters. The molecule has 6 nitrogen and oxygen atoms in total. The summed E-state index contributed by atoms with van der Waals surface area (Å²) in [5.41, 5.74) is 0. The van der Waals surface area contributed by atoms with Crippen molar-refractivity contribution in [2.45, 2.75) is 51.6 Å². The standard InChI is InChI=1S/C18H27N3O3/c1-12-8-9-21(15(10-12)16-6-4-13(2)24-16)18(23)19-14-5-7-17(22)20(3)11-14/h4,6,12,14-15H,5,7-11H2,1-3H3,(H,19,23). The van der Waals surface area contributed by atoms with Crippen molar-refractivity contribution in [2.75, 3.05) is 20.1 Å². The van der Waals surface area contributed by atoms with Gasteiger partial charge in [0.1, 0.15) is 11.5 Å². The van der Waals surface area contributed by atoms with Crippen LogP contribution in [0.4, 0.5) is 4.79 Å². The van der Waals surface area contributed by atoms with E-state index in [4.69, 9.17) is 4.42 Å². The van der Waals surface area contributed by atoms with E-state index in [-0.39, 0.29) is 24.0 Å². The third-order valence-corrected chi connectivity index (χ3v) is 5.17. The van der Waals surface area contributed by atoms with Crippen molar-refractivity contribution in [2.24, 2.45) is 5.92 Å². The van der Waals surface area contributed by atoms with Crippen LogP contribution in [-0.2, 0) is 4.79 Å². The van der Waals surface area contributed by atoms with Crippen LogP contribution in [0.1, 0.15) is 50.2 Å². The van der Waals surface area contributed by atoms with Crippen LogP contribution in [0.2, 0.25) is 0 Å². The van der Waals surface area contributed by atoms with Gasteiger partial charge in [-0.05, 0) is 44.2 Å². The monoisotopic (exact) mass is 333 g/mol. The van der Waals surface area contributed by atoms with Gasteiger partial charge >= 0.3 is 6.03 Å². The fraction of sp³-hybridized carbons (Fsp3) is 0.667. The first-order chi connectivity index (χ1) is 11.4. The van der Waals surface area contributed by atoms with Crippen LogP contribution in [0.25, 0.3) is 0 Å². The van der Waals surface area contributed by atoms with Gasteiger partial charge in [-0.2, -0.15) is 0 Å². The van der Waals surface area contributed by atoms with Gasteiger partial charge in [0.25, 0.3) is 0 Å². The van der Waals surface area contributed by atoms with E-state index in [0.717, 1.165) is 30.9 Å². The number of carbonyl (C=O) groups excluding carboxylic acids is 2. The lowest BCUT2D eigenvalue weighted by molar-refractivity contribution is -0.132. The number of aryl methyl sites for hydroxylation is 1. The molecule has 0 aliphatic carbocycles. The molecule has 2 saturated heterocycles. The van der Waals surface area contributed by atoms with E-state index in [2.05, 4.69) is 12.2 Å². The summed E-state index contributed by atoms with van der Waals surface area (Å²) in [5, 5.41) is 3.11. The molecule has 3 heterocycles. The molecule has 0 saturated carbocycles. The molecular formula is C18H27N3O3. The van der Waals surface area contributed by atoms with Gasteiger partial charge in [-0.3, -0.25) is 4.79 Å². The smallest absolute Gasteiger partial charge is 0.318 e. The van der Waals surface area contributed by atoms with Gasteiger partial charge in [-0.15, -0.1) is 0 Å². The summed E-state index contributed by atoms with van der Waals surface area (Å²) in [4.78, 5) is 28.0. The van der Waals surface area contributed by atoms with Crippen LogP contribution in [-0.4, -0.2) is 47.9 Å². The predicted octanol–water partition coefficient (Wildman–Crippen LogP) is 2.69. The second-order valence-corrected chi connectivity index (χ2v) is 7.25. The first kappa shape index (κ1) is 16.9. The third kappa shape index (κ3) is 3.57. The van der Waals surface area contributed by atoms with Crippen LogP contribution in [0, 0.1) is 12.8 Å². The molecule has 2 aliphatic rings. The molecule has 1 aromatic heterocycles. The topological polar surface area (TPSA) is 65.8 Å². The molecule has 3 rings (SSSR count). The maximum atomic E-state index is 12.8. The maximum absolute atomic E-state index is 12.8. The molecule has 0 aromatic carbocycles.